The van der Waals surface area contributed by atoms with E-state index in [1.807, 2.05) is 30.3 Å². The fourth-order valence-corrected chi connectivity index (χ4v) is 2.45. The molecular formula is C17H15FN2O. The lowest BCUT2D eigenvalue weighted by Gasteiger charge is -2.16. The summed E-state index contributed by atoms with van der Waals surface area (Å²) in [6, 6.07) is 14.0. The Hall–Kier alpha value is -2.46. The average Bonchev–Trinajstić information content (AvgIpc) is 2.54. The lowest BCUT2D eigenvalue weighted by Crippen LogP contribution is -2.12. The molecule has 3 aromatic rings. The quantitative estimate of drug-likeness (QED) is 0.800. The third-order valence-electron chi connectivity index (χ3n) is 3.55. The van der Waals surface area contributed by atoms with Gasteiger partial charge < -0.3 is 10.5 Å². The van der Waals surface area contributed by atoms with Gasteiger partial charge in [0.25, 0.3) is 0 Å². The van der Waals surface area contributed by atoms with Gasteiger partial charge in [-0.1, -0.05) is 24.3 Å². The number of rotatable bonds is 3. The predicted octanol–water partition coefficient (Wildman–Crippen LogP) is 3.43. The van der Waals surface area contributed by atoms with Gasteiger partial charge in [0.2, 0.25) is 0 Å². The summed E-state index contributed by atoms with van der Waals surface area (Å²) in [5.41, 5.74) is 8.99. The van der Waals surface area contributed by atoms with Gasteiger partial charge in [-0.15, -0.1) is 0 Å². The van der Waals surface area contributed by atoms with Crippen molar-refractivity contribution in [3.63, 3.8) is 0 Å². The van der Waals surface area contributed by atoms with Gasteiger partial charge in [0, 0.05) is 11.6 Å². The van der Waals surface area contributed by atoms with E-state index in [1.165, 1.54) is 13.2 Å². The standard InChI is InChI=1S/C17H15FN2O/c1-21-16-10-11(7-8-14(16)18)17(19)13-4-2-6-15-12(13)5-3-9-20-15/h2-10,17H,19H2,1H3. The summed E-state index contributed by atoms with van der Waals surface area (Å²) >= 11 is 0. The number of hydrogen-bond acceptors (Lipinski definition) is 3. The van der Waals surface area contributed by atoms with Crippen LogP contribution in [0.2, 0.25) is 0 Å². The van der Waals surface area contributed by atoms with Crippen molar-refractivity contribution in [2.75, 3.05) is 7.11 Å². The van der Waals surface area contributed by atoms with Crippen molar-refractivity contribution in [2.45, 2.75) is 6.04 Å². The number of ether oxygens (including phenoxy) is 1. The Kier molecular flexibility index (Phi) is 3.54. The van der Waals surface area contributed by atoms with Crippen LogP contribution in [0.4, 0.5) is 4.39 Å². The second kappa shape index (κ2) is 5.50. The Morgan fingerprint density at radius 2 is 2.00 bits per heavy atom. The van der Waals surface area contributed by atoms with Crippen molar-refractivity contribution < 1.29 is 9.13 Å². The summed E-state index contributed by atoms with van der Waals surface area (Å²) in [5.74, 6) is -0.200. The number of hydrogen-bond donors (Lipinski definition) is 1. The third kappa shape index (κ3) is 2.45. The smallest absolute Gasteiger partial charge is 0.165 e. The van der Waals surface area contributed by atoms with Crippen LogP contribution >= 0.6 is 0 Å². The topological polar surface area (TPSA) is 48.1 Å². The first-order valence-corrected chi connectivity index (χ1v) is 6.63. The minimum absolute atomic E-state index is 0.196. The van der Waals surface area contributed by atoms with Gasteiger partial charge in [0.1, 0.15) is 0 Å². The monoisotopic (exact) mass is 282 g/mol. The first kappa shape index (κ1) is 13.5. The van der Waals surface area contributed by atoms with Crippen LogP contribution in [0.15, 0.2) is 54.7 Å². The van der Waals surface area contributed by atoms with Crippen LogP contribution in [-0.4, -0.2) is 12.1 Å². The van der Waals surface area contributed by atoms with E-state index in [0.717, 1.165) is 22.0 Å². The second-order valence-electron chi connectivity index (χ2n) is 4.79. The SMILES string of the molecule is COc1cc(C(N)c2cccc3ncccc23)ccc1F. The zero-order chi connectivity index (χ0) is 14.8. The second-order valence-corrected chi connectivity index (χ2v) is 4.79. The Morgan fingerprint density at radius 1 is 1.14 bits per heavy atom. The molecule has 0 aliphatic carbocycles. The van der Waals surface area contributed by atoms with Crippen LogP contribution < -0.4 is 10.5 Å². The zero-order valence-electron chi connectivity index (χ0n) is 11.6. The predicted molar refractivity (Wildman–Crippen MR) is 80.7 cm³/mol. The van der Waals surface area contributed by atoms with E-state index in [9.17, 15) is 4.39 Å². The molecule has 1 aromatic heterocycles. The van der Waals surface area contributed by atoms with Crippen LogP contribution in [0.1, 0.15) is 17.2 Å². The molecule has 3 nitrogen and oxygen atoms in total. The van der Waals surface area contributed by atoms with Gasteiger partial charge in [0.15, 0.2) is 11.6 Å². The number of halogens is 1. The molecule has 0 saturated carbocycles. The molecule has 0 amide bonds. The van der Waals surface area contributed by atoms with E-state index in [-0.39, 0.29) is 11.8 Å². The van der Waals surface area contributed by atoms with Crippen LogP contribution in [0.5, 0.6) is 5.75 Å². The highest BCUT2D eigenvalue weighted by Crippen LogP contribution is 2.29. The van der Waals surface area contributed by atoms with Crippen LogP contribution in [0.3, 0.4) is 0 Å². The largest absolute Gasteiger partial charge is 0.494 e. The lowest BCUT2D eigenvalue weighted by atomic mass is 9.96. The zero-order valence-corrected chi connectivity index (χ0v) is 11.6. The van der Waals surface area contributed by atoms with Gasteiger partial charge >= 0.3 is 0 Å². The number of nitrogens with zero attached hydrogens (tertiary/aromatic N) is 1. The van der Waals surface area contributed by atoms with Crippen molar-refractivity contribution in [3.05, 3.63) is 71.7 Å². The van der Waals surface area contributed by atoms with Crippen molar-refractivity contribution >= 4 is 10.9 Å². The number of nitrogens with two attached hydrogens (primary N) is 1. The van der Waals surface area contributed by atoms with E-state index in [2.05, 4.69) is 4.98 Å². The maximum Gasteiger partial charge on any atom is 0.165 e. The van der Waals surface area contributed by atoms with Crippen molar-refractivity contribution in [2.24, 2.45) is 5.73 Å². The van der Waals surface area contributed by atoms with Gasteiger partial charge in [-0.05, 0) is 35.4 Å². The summed E-state index contributed by atoms with van der Waals surface area (Å²) in [6.07, 6.45) is 1.75. The number of benzene rings is 2. The lowest BCUT2D eigenvalue weighted by molar-refractivity contribution is 0.385. The normalized spacial score (nSPS) is 12.3. The minimum atomic E-state index is -0.395. The number of aromatic nitrogens is 1. The molecular weight excluding hydrogens is 267 g/mol. The minimum Gasteiger partial charge on any atom is -0.494 e. The molecule has 106 valence electrons. The highest BCUT2D eigenvalue weighted by molar-refractivity contribution is 5.82. The van der Waals surface area contributed by atoms with E-state index in [0.29, 0.717) is 0 Å². The molecule has 1 atom stereocenters. The molecule has 0 saturated heterocycles. The molecule has 0 radical (unpaired) electrons. The maximum absolute atomic E-state index is 13.5. The van der Waals surface area contributed by atoms with Crippen molar-refractivity contribution in [1.82, 2.24) is 4.98 Å². The molecule has 1 heterocycles. The number of methoxy groups -OCH3 is 1. The van der Waals surface area contributed by atoms with E-state index in [1.54, 1.807) is 18.3 Å². The molecule has 21 heavy (non-hydrogen) atoms. The molecule has 0 bridgehead atoms. The molecule has 2 N–H and O–H groups in total. The maximum atomic E-state index is 13.5. The first-order valence-electron chi connectivity index (χ1n) is 6.63. The fourth-order valence-electron chi connectivity index (χ4n) is 2.45. The number of pyridine rings is 1. The molecule has 1 unspecified atom stereocenters. The van der Waals surface area contributed by atoms with Crippen molar-refractivity contribution in [3.8, 4) is 5.75 Å². The summed E-state index contributed by atoms with van der Waals surface area (Å²) in [7, 11) is 1.44. The van der Waals surface area contributed by atoms with E-state index < -0.39 is 5.82 Å². The highest BCUT2D eigenvalue weighted by Gasteiger charge is 2.14. The fraction of sp³-hybridized carbons (Fsp3) is 0.118. The summed E-state index contributed by atoms with van der Waals surface area (Å²) in [5, 5.41) is 0.996. The van der Waals surface area contributed by atoms with Crippen LogP contribution in [0, 0.1) is 5.82 Å². The average molecular weight is 282 g/mol. The molecule has 0 spiro atoms. The summed E-state index contributed by atoms with van der Waals surface area (Å²) in [6.45, 7) is 0. The van der Waals surface area contributed by atoms with Gasteiger partial charge in [-0.3, -0.25) is 4.98 Å². The Bertz CT molecular complexity index is 783. The molecule has 4 heteroatoms. The van der Waals surface area contributed by atoms with E-state index >= 15 is 0 Å². The molecule has 0 aliphatic heterocycles. The van der Waals surface area contributed by atoms with E-state index in [4.69, 9.17) is 10.5 Å². The van der Waals surface area contributed by atoms with Crippen LogP contribution in [-0.2, 0) is 0 Å². The van der Waals surface area contributed by atoms with Gasteiger partial charge in [-0.2, -0.15) is 0 Å². The highest BCUT2D eigenvalue weighted by atomic mass is 19.1. The molecule has 3 rings (SSSR count). The summed E-state index contributed by atoms with van der Waals surface area (Å²) < 4.78 is 18.5. The van der Waals surface area contributed by atoms with Crippen molar-refractivity contribution in [1.29, 1.82) is 0 Å². The van der Waals surface area contributed by atoms with Gasteiger partial charge in [0.05, 0.1) is 18.7 Å². The first-order chi connectivity index (χ1) is 10.2. The molecule has 0 fully saturated rings. The molecule has 2 aromatic carbocycles. The third-order valence-corrected chi connectivity index (χ3v) is 3.55. The van der Waals surface area contributed by atoms with Gasteiger partial charge in [-0.25, -0.2) is 4.39 Å². The van der Waals surface area contributed by atoms with Crippen LogP contribution in [0.25, 0.3) is 10.9 Å². The number of fused-ring (bicyclic) bond motifs is 1. The Balaban J connectivity index is 2.10. The summed E-state index contributed by atoms with van der Waals surface area (Å²) in [4.78, 5) is 4.33. The molecule has 0 aliphatic rings. The Morgan fingerprint density at radius 3 is 2.81 bits per heavy atom. The Labute approximate surface area is 122 Å².